The zero-order valence-electron chi connectivity index (χ0n) is 8.05. The number of nitrogens with zero attached hydrogens (tertiary/aromatic N) is 2. The molecule has 1 atom stereocenters. The SMILES string of the molecule is NC(=O)[C@@H]1CCCN1C(=O)c1cscn1. The summed E-state index contributed by atoms with van der Waals surface area (Å²) in [5.41, 5.74) is 7.22. The third-order valence-electron chi connectivity index (χ3n) is 2.49. The van der Waals surface area contributed by atoms with Crippen LogP contribution in [0.5, 0.6) is 0 Å². The van der Waals surface area contributed by atoms with Crippen molar-refractivity contribution in [2.75, 3.05) is 6.54 Å². The molecule has 1 fully saturated rings. The van der Waals surface area contributed by atoms with Gasteiger partial charge >= 0.3 is 0 Å². The lowest BCUT2D eigenvalue weighted by atomic mass is 10.2. The first kappa shape index (κ1) is 10.1. The van der Waals surface area contributed by atoms with Gasteiger partial charge in [-0.25, -0.2) is 4.98 Å². The summed E-state index contributed by atoms with van der Waals surface area (Å²) < 4.78 is 0. The molecule has 0 radical (unpaired) electrons. The molecule has 0 aliphatic carbocycles. The van der Waals surface area contributed by atoms with Gasteiger partial charge in [0.1, 0.15) is 11.7 Å². The van der Waals surface area contributed by atoms with Gasteiger partial charge in [0.25, 0.3) is 5.91 Å². The van der Waals surface area contributed by atoms with Crippen LogP contribution < -0.4 is 5.73 Å². The molecular weight excluding hydrogens is 214 g/mol. The largest absolute Gasteiger partial charge is 0.368 e. The highest BCUT2D eigenvalue weighted by atomic mass is 32.1. The molecule has 0 saturated carbocycles. The van der Waals surface area contributed by atoms with Crippen molar-refractivity contribution in [2.45, 2.75) is 18.9 Å². The van der Waals surface area contributed by atoms with Crippen LogP contribution in [0.1, 0.15) is 23.3 Å². The lowest BCUT2D eigenvalue weighted by molar-refractivity contribution is -0.121. The molecule has 6 heteroatoms. The molecule has 80 valence electrons. The van der Waals surface area contributed by atoms with Gasteiger partial charge in [0.15, 0.2) is 0 Å². The average molecular weight is 225 g/mol. The van der Waals surface area contributed by atoms with Gasteiger partial charge < -0.3 is 10.6 Å². The van der Waals surface area contributed by atoms with Gasteiger partial charge in [-0.2, -0.15) is 0 Å². The Balaban J connectivity index is 2.17. The summed E-state index contributed by atoms with van der Waals surface area (Å²) >= 11 is 1.36. The number of primary amides is 1. The summed E-state index contributed by atoms with van der Waals surface area (Å²) in [7, 11) is 0. The average Bonchev–Trinajstić information content (AvgIpc) is 2.88. The number of rotatable bonds is 2. The Bertz CT molecular complexity index is 377. The van der Waals surface area contributed by atoms with E-state index in [1.165, 1.54) is 16.2 Å². The molecule has 1 aromatic rings. The summed E-state index contributed by atoms with van der Waals surface area (Å²) in [6, 6.07) is -0.459. The summed E-state index contributed by atoms with van der Waals surface area (Å²) in [4.78, 5) is 28.4. The van der Waals surface area contributed by atoms with Gasteiger partial charge in [-0.15, -0.1) is 11.3 Å². The number of amides is 2. The van der Waals surface area contributed by atoms with E-state index in [0.29, 0.717) is 18.7 Å². The van der Waals surface area contributed by atoms with Crippen LogP contribution in [0.4, 0.5) is 0 Å². The second-order valence-corrected chi connectivity index (χ2v) is 4.15. The minimum atomic E-state index is -0.459. The van der Waals surface area contributed by atoms with Crippen molar-refractivity contribution in [1.29, 1.82) is 0 Å². The molecular formula is C9H11N3O2S. The van der Waals surface area contributed by atoms with Crippen LogP contribution >= 0.6 is 11.3 Å². The van der Waals surface area contributed by atoms with E-state index in [2.05, 4.69) is 4.98 Å². The first-order valence-corrected chi connectivity index (χ1v) is 5.63. The number of carbonyl (C=O) groups is 2. The molecule has 0 aromatic carbocycles. The molecule has 1 aromatic heterocycles. The van der Waals surface area contributed by atoms with Crippen molar-refractivity contribution in [3.63, 3.8) is 0 Å². The molecule has 0 bridgehead atoms. The van der Waals surface area contributed by atoms with Crippen LogP contribution in [-0.2, 0) is 4.79 Å². The number of aromatic nitrogens is 1. The van der Waals surface area contributed by atoms with Crippen molar-refractivity contribution in [2.24, 2.45) is 5.73 Å². The van der Waals surface area contributed by atoms with E-state index >= 15 is 0 Å². The maximum Gasteiger partial charge on any atom is 0.274 e. The van der Waals surface area contributed by atoms with Crippen LogP contribution in [0.15, 0.2) is 10.9 Å². The quantitative estimate of drug-likeness (QED) is 0.783. The van der Waals surface area contributed by atoms with E-state index in [-0.39, 0.29) is 5.91 Å². The molecule has 2 amide bonds. The Morgan fingerprint density at radius 3 is 3.00 bits per heavy atom. The van der Waals surface area contributed by atoms with Crippen LogP contribution in [0.3, 0.4) is 0 Å². The molecule has 2 heterocycles. The Kier molecular flexibility index (Phi) is 2.68. The Morgan fingerprint density at radius 2 is 2.40 bits per heavy atom. The molecule has 15 heavy (non-hydrogen) atoms. The standard InChI is InChI=1S/C9H11N3O2S/c10-8(13)7-2-1-3-12(7)9(14)6-4-15-5-11-6/h4-5,7H,1-3H2,(H2,10,13)/t7-/m0/s1. The van der Waals surface area contributed by atoms with E-state index in [4.69, 9.17) is 5.73 Å². The lowest BCUT2D eigenvalue weighted by Crippen LogP contribution is -2.43. The van der Waals surface area contributed by atoms with Crippen LogP contribution in [0.25, 0.3) is 0 Å². The maximum atomic E-state index is 11.9. The number of thiazole rings is 1. The lowest BCUT2D eigenvalue weighted by Gasteiger charge is -2.20. The third-order valence-corrected chi connectivity index (χ3v) is 3.08. The zero-order chi connectivity index (χ0) is 10.8. The summed E-state index contributed by atoms with van der Waals surface area (Å²) in [5.74, 6) is -0.631. The second-order valence-electron chi connectivity index (χ2n) is 3.43. The van der Waals surface area contributed by atoms with E-state index in [1.807, 2.05) is 0 Å². The van der Waals surface area contributed by atoms with Gasteiger partial charge in [0.05, 0.1) is 5.51 Å². The fourth-order valence-corrected chi connectivity index (χ4v) is 2.30. The van der Waals surface area contributed by atoms with Gasteiger partial charge in [-0.05, 0) is 12.8 Å². The van der Waals surface area contributed by atoms with Crippen molar-refractivity contribution < 1.29 is 9.59 Å². The number of hydrogen-bond donors (Lipinski definition) is 1. The molecule has 5 nitrogen and oxygen atoms in total. The molecule has 0 unspecified atom stereocenters. The normalized spacial score (nSPS) is 20.5. The Hall–Kier alpha value is -1.43. The summed E-state index contributed by atoms with van der Waals surface area (Å²) in [6.45, 7) is 0.587. The highest BCUT2D eigenvalue weighted by Crippen LogP contribution is 2.19. The molecule has 0 spiro atoms. The fraction of sp³-hybridized carbons (Fsp3) is 0.444. The number of likely N-dealkylation sites (tertiary alicyclic amines) is 1. The zero-order valence-corrected chi connectivity index (χ0v) is 8.87. The summed E-state index contributed by atoms with van der Waals surface area (Å²) in [5, 5.41) is 1.68. The smallest absolute Gasteiger partial charge is 0.274 e. The number of carbonyl (C=O) groups excluding carboxylic acids is 2. The van der Waals surface area contributed by atoms with Crippen molar-refractivity contribution >= 4 is 23.2 Å². The molecule has 1 aliphatic heterocycles. The van der Waals surface area contributed by atoms with Crippen LogP contribution in [0, 0.1) is 0 Å². The van der Waals surface area contributed by atoms with Crippen molar-refractivity contribution in [3.8, 4) is 0 Å². The molecule has 2 N–H and O–H groups in total. The molecule has 2 rings (SSSR count). The Morgan fingerprint density at radius 1 is 1.60 bits per heavy atom. The monoisotopic (exact) mass is 225 g/mol. The predicted molar refractivity (Wildman–Crippen MR) is 55.4 cm³/mol. The third kappa shape index (κ3) is 1.85. The topological polar surface area (TPSA) is 76.3 Å². The van der Waals surface area contributed by atoms with Gasteiger partial charge in [-0.1, -0.05) is 0 Å². The minimum Gasteiger partial charge on any atom is -0.368 e. The van der Waals surface area contributed by atoms with Gasteiger partial charge in [-0.3, -0.25) is 9.59 Å². The van der Waals surface area contributed by atoms with Crippen molar-refractivity contribution in [1.82, 2.24) is 9.88 Å². The molecule has 1 saturated heterocycles. The first-order chi connectivity index (χ1) is 7.20. The minimum absolute atomic E-state index is 0.197. The van der Waals surface area contributed by atoms with Crippen LogP contribution in [-0.4, -0.2) is 34.3 Å². The fourth-order valence-electron chi connectivity index (χ4n) is 1.77. The van der Waals surface area contributed by atoms with E-state index < -0.39 is 11.9 Å². The predicted octanol–water partition coefficient (Wildman–Crippen LogP) is 0.233. The summed E-state index contributed by atoms with van der Waals surface area (Å²) in [6.07, 6.45) is 1.48. The molecule has 1 aliphatic rings. The van der Waals surface area contributed by atoms with Gasteiger partial charge in [0, 0.05) is 11.9 Å². The van der Waals surface area contributed by atoms with Gasteiger partial charge in [0.2, 0.25) is 5.91 Å². The maximum absolute atomic E-state index is 11.9. The second kappa shape index (κ2) is 3.98. The number of nitrogens with two attached hydrogens (primary N) is 1. The van der Waals surface area contributed by atoms with Crippen LogP contribution in [0.2, 0.25) is 0 Å². The highest BCUT2D eigenvalue weighted by Gasteiger charge is 2.33. The van der Waals surface area contributed by atoms with E-state index in [9.17, 15) is 9.59 Å². The first-order valence-electron chi connectivity index (χ1n) is 4.68. The van der Waals surface area contributed by atoms with E-state index in [1.54, 1.807) is 10.9 Å². The number of hydrogen-bond acceptors (Lipinski definition) is 4. The Labute approximate surface area is 90.9 Å². The van der Waals surface area contributed by atoms with E-state index in [0.717, 1.165) is 6.42 Å². The highest BCUT2D eigenvalue weighted by molar-refractivity contribution is 7.07. The van der Waals surface area contributed by atoms with Crippen molar-refractivity contribution in [3.05, 3.63) is 16.6 Å².